The quantitative estimate of drug-likeness (QED) is 0.623. The number of fused-ring (bicyclic) bond motifs is 1. The van der Waals surface area contributed by atoms with Crippen molar-refractivity contribution < 1.29 is 27.5 Å². The third-order valence-corrected chi connectivity index (χ3v) is 5.44. The Morgan fingerprint density at radius 3 is 2.59 bits per heavy atom. The standard InChI is InChI=1S/C21H20F3N5O3/c1-11-15(19(30)27-13-10-25-9-8-14(13)32-2)20(31)29-18(26-11)16(12-6-4-3-5-7-12)17(28-29)21(22,23)24/h3-10,16-18,26,28H,1-2H3,(H,27,30). The van der Waals surface area contributed by atoms with Crippen LogP contribution in [-0.4, -0.2) is 47.3 Å². The molecule has 11 heteroatoms. The van der Waals surface area contributed by atoms with E-state index in [0.29, 0.717) is 11.3 Å². The molecule has 2 aliphatic heterocycles. The van der Waals surface area contributed by atoms with Crippen molar-refractivity contribution in [2.45, 2.75) is 31.2 Å². The topological polar surface area (TPSA) is 95.6 Å². The summed E-state index contributed by atoms with van der Waals surface area (Å²) in [6.07, 6.45) is -2.85. The van der Waals surface area contributed by atoms with Gasteiger partial charge in [-0.05, 0) is 12.5 Å². The molecule has 0 aliphatic carbocycles. The van der Waals surface area contributed by atoms with E-state index in [0.717, 1.165) is 5.01 Å². The summed E-state index contributed by atoms with van der Waals surface area (Å²) in [5, 5.41) is 6.30. The summed E-state index contributed by atoms with van der Waals surface area (Å²) in [5.74, 6) is -2.45. The highest BCUT2D eigenvalue weighted by atomic mass is 19.4. The Labute approximate surface area is 181 Å². The second-order valence-corrected chi connectivity index (χ2v) is 7.38. The molecule has 0 bridgehead atoms. The van der Waals surface area contributed by atoms with Crippen LogP contribution < -0.4 is 20.8 Å². The first-order valence-electron chi connectivity index (χ1n) is 9.70. The molecule has 2 aromatic rings. The van der Waals surface area contributed by atoms with Gasteiger partial charge < -0.3 is 15.4 Å². The van der Waals surface area contributed by atoms with Crippen LogP contribution in [0, 0.1) is 0 Å². The predicted molar refractivity (Wildman–Crippen MR) is 108 cm³/mol. The summed E-state index contributed by atoms with van der Waals surface area (Å²) in [7, 11) is 1.41. The number of carbonyl (C=O) groups excluding carboxylic acids is 2. The number of nitrogens with zero attached hydrogens (tertiary/aromatic N) is 2. The minimum Gasteiger partial charge on any atom is -0.494 e. The monoisotopic (exact) mass is 447 g/mol. The summed E-state index contributed by atoms with van der Waals surface area (Å²) in [5.41, 5.74) is 2.76. The number of aromatic nitrogens is 1. The van der Waals surface area contributed by atoms with E-state index in [1.54, 1.807) is 30.3 Å². The van der Waals surface area contributed by atoms with Crippen LogP contribution in [0.5, 0.6) is 5.75 Å². The van der Waals surface area contributed by atoms with E-state index >= 15 is 0 Å². The molecule has 2 amide bonds. The highest BCUT2D eigenvalue weighted by Crippen LogP contribution is 2.41. The van der Waals surface area contributed by atoms with Crippen molar-refractivity contribution in [3.8, 4) is 5.75 Å². The number of amides is 2. The number of hydrogen-bond acceptors (Lipinski definition) is 6. The number of hydrazine groups is 1. The van der Waals surface area contributed by atoms with E-state index < -0.39 is 36.1 Å². The van der Waals surface area contributed by atoms with Gasteiger partial charge >= 0.3 is 6.18 Å². The van der Waals surface area contributed by atoms with Crippen molar-refractivity contribution in [3.63, 3.8) is 0 Å². The Kier molecular flexibility index (Phi) is 5.51. The number of rotatable bonds is 4. The van der Waals surface area contributed by atoms with Gasteiger partial charge in [-0.15, -0.1) is 0 Å². The zero-order valence-electron chi connectivity index (χ0n) is 17.1. The highest BCUT2D eigenvalue weighted by molar-refractivity contribution is 6.23. The van der Waals surface area contributed by atoms with Gasteiger partial charge in [-0.25, -0.2) is 10.4 Å². The van der Waals surface area contributed by atoms with Crippen LogP contribution in [0.25, 0.3) is 0 Å². The molecule has 0 saturated carbocycles. The number of alkyl halides is 3. The zero-order valence-corrected chi connectivity index (χ0v) is 17.1. The maximum absolute atomic E-state index is 13.8. The molecular formula is C21H20F3N5O3. The fraction of sp³-hybridized carbons (Fsp3) is 0.286. The number of nitrogens with one attached hydrogen (secondary N) is 3. The molecule has 32 heavy (non-hydrogen) atoms. The molecule has 3 N–H and O–H groups in total. The molecule has 168 valence electrons. The van der Waals surface area contributed by atoms with Gasteiger partial charge in [0, 0.05) is 18.0 Å². The van der Waals surface area contributed by atoms with Crippen molar-refractivity contribution in [2.24, 2.45) is 0 Å². The minimum atomic E-state index is -4.63. The average molecular weight is 447 g/mol. The smallest absolute Gasteiger partial charge is 0.406 e. The lowest BCUT2D eigenvalue weighted by atomic mass is 9.89. The number of ether oxygens (including phenoxy) is 1. The molecule has 1 aromatic heterocycles. The van der Waals surface area contributed by atoms with Gasteiger partial charge in [-0.2, -0.15) is 13.2 Å². The lowest BCUT2D eigenvalue weighted by molar-refractivity contribution is -0.161. The van der Waals surface area contributed by atoms with E-state index in [1.807, 2.05) is 0 Å². The lowest BCUT2D eigenvalue weighted by Crippen LogP contribution is -2.56. The number of halogens is 3. The number of hydrogen-bond donors (Lipinski definition) is 3. The van der Waals surface area contributed by atoms with Gasteiger partial charge in [-0.1, -0.05) is 30.3 Å². The van der Waals surface area contributed by atoms with E-state index in [1.165, 1.54) is 32.5 Å². The largest absolute Gasteiger partial charge is 0.494 e. The fourth-order valence-electron chi connectivity index (χ4n) is 4.00. The molecule has 3 atom stereocenters. The second-order valence-electron chi connectivity index (χ2n) is 7.38. The van der Waals surface area contributed by atoms with Crippen LogP contribution in [0.15, 0.2) is 60.1 Å². The van der Waals surface area contributed by atoms with Gasteiger partial charge in [-0.3, -0.25) is 14.6 Å². The predicted octanol–water partition coefficient (Wildman–Crippen LogP) is 2.29. The van der Waals surface area contributed by atoms with Gasteiger partial charge in [0.1, 0.15) is 29.2 Å². The van der Waals surface area contributed by atoms with Crippen LogP contribution >= 0.6 is 0 Å². The first-order chi connectivity index (χ1) is 15.2. The summed E-state index contributed by atoms with van der Waals surface area (Å²) < 4.78 is 46.7. The number of pyridine rings is 1. The Bertz CT molecular complexity index is 1070. The molecule has 3 heterocycles. The van der Waals surface area contributed by atoms with E-state index in [9.17, 15) is 22.8 Å². The molecule has 8 nitrogen and oxygen atoms in total. The van der Waals surface area contributed by atoms with Gasteiger partial charge in [0.05, 0.1) is 19.2 Å². The third kappa shape index (κ3) is 3.75. The fourth-order valence-corrected chi connectivity index (χ4v) is 4.00. The lowest BCUT2D eigenvalue weighted by Gasteiger charge is -2.34. The Hall–Kier alpha value is -3.60. The highest BCUT2D eigenvalue weighted by Gasteiger charge is 2.58. The molecule has 1 saturated heterocycles. The Morgan fingerprint density at radius 2 is 1.94 bits per heavy atom. The van der Waals surface area contributed by atoms with Gasteiger partial charge in [0.2, 0.25) is 0 Å². The summed E-state index contributed by atoms with van der Waals surface area (Å²) >= 11 is 0. The summed E-state index contributed by atoms with van der Waals surface area (Å²) in [6.45, 7) is 1.48. The summed E-state index contributed by atoms with van der Waals surface area (Å²) in [6, 6.07) is 7.64. The number of allylic oxidation sites excluding steroid dienone is 1. The first-order valence-corrected chi connectivity index (χ1v) is 9.70. The minimum absolute atomic E-state index is 0.169. The van der Waals surface area contributed by atoms with Gasteiger partial charge in [0.25, 0.3) is 11.8 Å². The molecule has 1 aromatic carbocycles. The van der Waals surface area contributed by atoms with Crippen molar-refractivity contribution in [2.75, 3.05) is 12.4 Å². The molecule has 3 unspecified atom stereocenters. The van der Waals surface area contributed by atoms with E-state index in [-0.39, 0.29) is 17.0 Å². The van der Waals surface area contributed by atoms with Crippen molar-refractivity contribution >= 4 is 17.5 Å². The number of anilines is 1. The van der Waals surface area contributed by atoms with Gasteiger partial charge in [0.15, 0.2) is 0 Å². The molecule has 4 rings (SSSR count). The van der Waals surface area contributed by atoms with E-state index in [4.69, 9.17) is 4.74 Å². The van der Waals surface area contributed by atoms with Crippen LogP contribution in [0.2, 0.25) is 0 Å². The van der Waals surface area contributed by atoms with Crippen LogP contribution in [0.1, 0.15) is 18.4 Å². The number of carbonyl (C=O) groups is 2. The maximum Gasteiger partial charge on any atom is 0.406 e. The van der Waals surface area contributed by atoms with Crippen molar-refractivity contribution in [1.29, 1.82) is 0 Å². The molecule has 0 radical (unpaired) electrons. The average Bonchev–Trinajstić information content (AvgIpc) is 3.15. The normalized spacial score (nSPS) is 23.0. The first kappa shape index (κ1) is 21.6. The zero-order chi connectivity index (χ0) is 23.0. The van der Waals surface area contributed by atoms with Crippen LogP contribution in [0.4, 0.5) is 18.9 Å². The maximum atomic E-state index is 13.8. The number of benzene rings is 1. The third-order valence-electron chi connectivity index (χ3n) is 5.44. The number of methoxy groups -OCH3 is 1. The van der Waals surface area contributed by atoms with Crippen molar-refractivity contribution in [3.05, 3.63) is 65.6 Å². The Morgan fingerprint density at radius 1 is 1.22 bits per heavy atom. The SMILES string of the molecule is COc1ccncc1NC(=O)C1=C(C)NC2C(c3ccccc3)C(C(F)(F)F)NN2C1=O. The molecule has 2 aliphatic rings. The molecule has 0 spiro atoms. The second kappa shape index (κ2) is 8.15. The Balaban J connectivity index is 1.67. The summed E-state index contributed by atoms with van der Waals surface area (Å²) in [4.78, 5) is 29.9. The van der Waals surface area contributed by atoms with E-state index in [2.05, 4.69) is 21.0 Å². The van der Waals surface area contributed by atoms with Crippen LogP contribution in [-0.2, 0) is 9.59 Å². The molecule has 1 fully saturated rings. The molecular weight excluding hydrogens is 427 g/mol. The van der Waals surface area contributed by atoms with Crippen LogP contribution in [0.3, 0.4) is 0 Å². The van der Waals surface area contributed by atoms with Crippen molar-refractivity contribution in [1.82, 2.24) is 20.7 Å².